The van der Waals surface area contributed by atoms with Gasteiger partial charge in [-0.15, -0.1) is 0 Å². The Morgan fingerprint density at radius 1 is 1.00 bits per heavy atom. The number of carbonyl (C=O) groups is 3. The number of nitrogens with zero attached hydrogens (tertiary/aromatic N) is 3. The number of aromatic amines is 1. The summed E-state index contributed by atoms with van der Waals surface area (Å²) in [6.45, 7) is 9.44. The number of anilines is 1. The molecule has 12 nitrogen and oxygen atoms in total. The molecule has 0 amide bonds. The summed E-state index contributed by atoms with van der Waals surface area (Å²) in [6, 6.07) is 11.2. The summed E-state index contributed by atoms with van der Waals surface area (Å²) < 4.78 is 24.0. The number of ether oxygens (including phenoxy) is 4. The molecule has 5 aliphatic heterocycles. The predicted molar refractivity (Wildman–Crippen MR) is 219 cm³/mol. The molecule has 2 N–H and O–H groups in total. The smallest absolute Gasteiger partial charge is 0.344 e. The Labute approximate surface area is 340 Å². The number of aromatic nitrogens is 1. The summed E-state index contributed by atoms with van der Waals surface area (Å²) in [5.74, 6) is -1.31. The fraction of sp³-hybridized carbons (Fsp3) is 0.543. The van der Waals surface area contributed by atoms with Gasteiger partial charge in [-0.2, -0.15) is 0 Å². The lowest BCUT2D eigenvalue weighted by Gasteiger charge is -2.63. The molecule has 9 atom stereocenters. The first kappa shape index (κ1) is 38.8. The van der Waals surface area contributed by atoms with Crippen LogP contribution in [0.5, 0.6) is 5.75 Å². The van der Waals surface area contributed by atoms with E-state index in [2.05, 4.69) is 58.1 Å². The molecule has 6 aliphatic rings. The summed E-state index contributed by atoms with van der Waals surface area (Å²) in [5.41, 5.74) is 1.10. The van der Waals surface area contributed by atoms with Crippen molar-refractivity contribution in [3.63, 3.8) is 0 Å². The Balaban J connectivity index is 1.37. The van der Waals surface area contributed by atoms with E-state index in [1.807, 2.05) is 37.1 Å². The molecule has 1 spiro atoms. The van der Waals surface area contributed by atoms with Gasteiger partial charge in [-0.3, -0.25) is 19.4 Å². The second kappa shape index (κ2) is 13.7. The largest absolute Gasteiger partial charge is 0.496 e. The third kappa shape index (κ3) is 4.94. The molecule has 3 aromatic rings. The highest BCUT2D eigenvalue weighted by Crippen LogP contribution is 2.68. The molecule has 308 valence electrons. The van der Waals surface area contributed by atoms with Crippen molar-refractivity contribution in [2.24, 2.45) is 11.3 Å². The summed E-state index contributed by atoms with van der Waals surface area (Å²) >= 11 is 0. The fourth-order valence-corrected chi connectivity index (χ4v) is 13.0. The third-order valence-corrected chi connectivity index (χ3v) is 15.1. The number of hydrogen-bond donors (Lipinski definition) is 2. The number of para-hydroxylation sites is 1. The van der Waals surface area contributed by atoms with Gasteiger partial charge in [0.1, 0.15) is 11.2 Å². The lowest BCUT2D eigenvalue weighted by Crippen LogP contribution is -2.81. The number of fused-ring (bicyclic) bond motifs is 6. The third-order valence-electron chi connectivity index (χ3n) is 15.1. The molecule has 12 heteroatoms. The number of nitrogens with one attached hydrogen (secondary N) is 1. The van der Waals surface area contributed by atoms with Crippen molar-refractivity contribution in [1.82, 2.24) is 14.8 Å². The Bertz CT molecular complexity index is 2270. The van der Waals surface area contributed by atoms with Gasteiger partial charge in [-0.25, -0.2) is 4.79 Å². The van der Waals surface area contributed by atoms with Crippen LogP contribution in [0.4, 0.5) is 5.69 Å². The van der Waals surface area contributed by atoms with E-state index < -0.39 is 45.9 Å². The van der Waals surface area contributed by atoms with Gasteiger partial charge >= 0.3 is 17.9 Å². The Kier molecular flexibility index (Phi) is 9.18. The lowest BCUT2D eigenvalue weighted by atomic mass is 9.47. The van der Waals surface area contributed by atoms with Crippen molar-refractivity contribution in [2.75, 3.05) is 66.0 Å². The second-order valence-electron chi connectivity index (χ2n) is 17.5. The number of H-pyrrole nitrogens is 1. The van der Waals surface area contributed by atoms with Crippen LogP contribution in [0, 0.1) is 11.3 Å². The summed E-state index contributed by atoms with van der Waals surface area (Å²) in [4.78, 5) is 53.4. The maximum Gasteiger partial charge on any atom is 0.344 e. The first-order chi connectivity index (χ1) is 27.9. The van der Waals surface area contributed by atoms with E-state index in [1.54, 1.807) is 7.11 Å². The van der Waals surface area contributed by atoms with Crippen LogP contribution in [0.25, 0.3) is 10.9 Å². The normalized spacial score (nSPS) is 34.7. The Hall–Kier alpha value is -4.65. The van der Waals surface area contributed by atoms with E-state index in [9.17, 15) is 14.7 Å². The van der Waals surface area contributed by atoms with Gasteiger partial charge in [0.05, 0.1) is 27.4 Å². The van der Waals surface area contributed by atoms with Gasteiger partial charge in [0.15, 0.2) is 6.10 Å². The quantitative estimate of drug-likeness (QED) is 0.194. The zero-order valence-corrected chi connectivity index (χ0v) is 34.7. The number of likely N-dealkylation sites (N-methyl/N-ethyl adjacent to an activating group) is 1. The van der Waals surface area contributed by atoms with Crippen molar-refractivity contribution in [1.29, 1.82) is 0 Å². The van der Waals surface area contributed by atoms with Crippen LogP contribution >= 0.6 is 0 Å². The Morgan fingerprint density at radius 2 is 1.78 bits per heavy atom. The first-order valence-corrected chi connectivity index (χ1v) is 20.8. The predicted octanol–water partition coefficient (Wildman–Crippen LogP) is 4.80. The van der Waals surface area contributed by atoms with E-state index >= 15 is 4.79 Å². The van der Waals surface area contributed by atoms with Gasteiger partial charge < -0.3 is 33.9 Å². The highest BCUT2D eigenvalue weighted by Gasteiger charge is 2.80. The number of rotatable bonds is 7. The minimum atomic E-state index is -2.28. The van der Waals surface area contributed by atoms with E-state index in [1.165, 1.54) is 26.7 Å². The molecule has 3 unspecified atom stereocenters. The minimum absolute atomic E-state index is 0.0217. The molecule has 1 aliphatic carbocycles. The van der Waals surface area contributed by atoms with Crippen LogP contribution in [-0.2, 0) is 45.8 Å². The van der Waals surface area contributed by atoms with Gasteiger partial charge in [-0.05, 0) is 67.8 Å². The maximum absolute atomic E-state index is 15.3. The van der Waals surface area contributed by atoms with E-state index in [0.717, 1.165) is 65.9 Å². The fourth-order valence-electron chi connectivity index (χ4n) is 13.0. The van der Waals surface area contributed by atoms with Gasteiger partial charge in [0.25, 0.3) is 0 Å². The first-order valence-electron chi connectivity index (χ1n) is 20.8. The monoisotopic (exact) mass is 792 g/mol. The topological polar surface area (TPSA) is 134 Å². The van der Waals surface area contributed by atoms with Crippen molar-refractivity contribution in [2.45, 2.75) is 87.5 Å². The molecule has 6 heterocycles. The summed E-state index contributed by atoms with van der Waals surface area (Å²) in [5, 5.41) is 14.4. The molecule has 2 aromatic carbocycles. The number of aliphatic hydroxyl groups is 1. The van der Waals surface area contributed by atoms with Crippen molar-refractivity contribution in [3.8, 4) is 5.75 Å². The average Bonchev–Trinajstić information content (AvgIpc) is 3.89. The van der Waals surface area contributed by atoms with Gasteiger partial charge in [0, 0.05) is 90.9 Å². The number of hydrogen-bond acceptors (Lipinski definition) is 11. The van der Waals surface area contributed by atoms with Crippen LogP contribution < -0.4 is 9.64 Å². The molecular formula is C46H56N4O8. The standard InChI is InChI=1S/C46H56N4O8/c1-8-28-21-29-24-45(41(52)56-6,37-31(15-19-49(25-28)26-29)30-13-10-11-14-34(30)47-37)33-22-32-35(23-36(33)55-5)48(4)39-44(32)17-20-50-18-12-16-43(9-2,38(44)50)40(58-27(3)51)46(39,54)42(53)57-7/h10-14,16,21-23,29,38-40,47,54H,8-9,15,17-20,24-26H2,1-7H3/t29-,38-,39?,40+,43+,44+,45-,46?/m0/s1. The van der Waals surface area contributed by atoms with Crippen molar-refractivity contribution < 1.29 is 38.4 Å². The van der Waals surface area contributed by atoms with Gasteiger partial charge in [0.2, 0.25) is 5.60 Å². The van der Waals surface area contributed by atoms with Crippen LogP contribution in [0.1, 0.15) is 68.8 Å². The van der Waals surface area contributed by atoms with Crippen LogP contribution in [-0.4, -0.2) is 123 Å². The summed E-state index contributed by atoms with van der Waals surface area (Å²) in [7, 11) is 6.24. The van der Waals surface area contributed by atoms with E-state index in [-0.39, 0.29) is 17.9 Å². The minimum Gasteiger partial charge on any atom is -0.496 e. The SMILES string of the molecule is CCC1=C[C@@H]2CN(CCc3c([nH]c4ccccc34)[C@@](C(=O)OC)(c3cc4c(cc3OC)N(C)C3C(O)(C(=O)OC)[C@H](OC(C)=O)[C@]5(CC)C=CCN6CC[C@]43[C@@H]65)C2)C1. The molecule has 1 aromatic heterocycles. The van der Waals surface area contributed by atoms with Crippen molar-refractivity contribution >= 4 is 34.5 Å². The molecule has 1 saturated carbocycles. The zero-order valence-electron chi connectivity index (χ0n) is 34.7. The van der Waals surface area contributed by atoms with E-state index in [4.69, 9.17) is 18.9 Å². The number of carbonyl (C=O) groups excluding carboxylic acids is 3. The van der Waals surface area contributed by atoms with E-state index in [0.29, 0.717) is 43.7 Å². The number of methoxy groups -OCH3 is 3. The number of esters is 3. The van der Waals surface area contributed by atoms with Crippen LogP contribution in [0.15, 0.2) is 60.2 Å². The van der Waals surface area contributed by atoms with Crippen LogP contribution in [0.3, 0.4) is 0 Å². The maximum atomic E-state index is 15.3. The molecule has 1 saturated heterocycles. The van der Waals surface area contributed by atoms with Crippen LogP contribution in [0.2, 0.25) is 0 Å². The highest BCUT2D eigenvalue weighted by atomic mass is 16.6. The van der Waals surface area contributed by atoms with Gasteiger partial charge in [-0.1, -0.05) is 55.8 Å². The molecule has 0 radical (unpaired) electrons. The molecule has 2 fully saturated rings. The average molecular weight is 793 g/mol. The summed E-state index contributed by atoms with van der Waals surface area (Å²) in [6.07, 6.45) is 8.43. The lowest BCUT2D eigenvalue weighted by molar-refractivity contribution is -0.228. The second-order valence-corrected chi connectivity index (χ2v) is 17.5. The molecule has 2 bridgehead atoms. The number of benzene rings is 2. The molecular weight excluding hydrogens is 737 g/mol. The zero-order chi connectivity index (χ0) is 40.9. The Morgan fingerprint density at radius 3 is 2.48 bits per heavy atom. The molecule has 9 rings (SSSR count). The highest BCUT2D eigenvalue weighted by molar-refractivity contribution is 5.95. The van der Waals surface area contributed by atoms with Crippen molar-refractivity contribution in [3.05, 3.63) is 82.6 Å². The molecule has 58 heavy (non-hydrogen) atoms.